The van der Waals surface area contributed by atoms with Crippen molar-refractivity contribution >= 4 is 17.2 Å². The van der Waals surface area contributed by atoms with E-state index < -0.39 is 0 Å². The number of aromatic nitrogens is 4. The molecule has 2 aromatic heterocycles. The minimum Gasteiger partial charge on any atom is -0.379 e. The molecular formula is C19H21N5O2S. The van der Waals surface area contributed by atoms with E-state index in [1.807, 2.05) is 36.6 Å². The number of fused-ring (bicyclic) bond motifs is 1. The molecule has 27 heavy (non-hydrogen) atoms. The maximum Gasteiger partial charge on any atom is 0.273 e. The fourth-order valence-electron chi connectivity index (χ4n) is 3.03. The van der Waals surface area contributed by atoms with Gasteiger partial charge < -0.3 is 14.2 Å². The lowest BCUT2D eigenvalue weighted by Gasteiger charge is -2.16. The molecule has 0 aliphatic carbocycles. The standard InChI is InChI=1S/C19H21N5O2S/c1-13-3-5-14(6-4-13)18-20-15(12-27-18)19(25)23(2)11-17-22-21-16-7-9-26-10-8-24(16)17/h3-6,12H,7-11H2,1-2H3. The number of rotatable bonds is 4. The molecule has 0 saturated heterocycles. The fraction of sp³-hybridized carbons (Fsp3) is 0.368. The van der Waals surface area contributed by atoms with Crippen LogP contribution in [0.15, 0.2) is 29.6 Å². The van der Waals surface area contributed by atoms with Crippen LogP contribution < -0.4 is 0 Å². The molecule has 3 heterocycles. The van der Waals surface area contributed by atoms with Gasteiger partial charge in [-0.05, 0) is 6.92 Å². The Morgan fingerprint density at radius 2 is 2.07 bits per heavy atom. The molecule has 0 bridgehead atoms. The second-order valence-electron chi connectivity index (χ2n) is 6.61. The fourth-order valence-corrected chi connectivity index (χ4v) is 3.83. The Bertz CT molecular complexity index is 947. The largest absolute Gasteiger partial charge is 0.379 e. The SMILES string of the molecule is Cc1ccc(-c2nc(C(=O)N(C)Cc3nnc4n3CCOCC4)cs2)cc1. The van der Waals surface area contributed by atoms with Crippen LogP contribution >= 0.6 is 11.3 Å². The first-order chi connectivity index (χ1) is 13.1. The minimum absolute atomic E-state index is 0.119. The zero-order chi connectivity index (χ0) is 18.8. The summed E-state index contributed by atoms with van der Waals surface area (Å²) >= 11 is 1.48. The quantitative estimate of drug-likeness (QED) is 0.692. The van der Waals surface area contributed by atoms with Crippen LogP contribution in [-0.4, -0.2) is 50.8 Å². The first kappa shape index (κ1) is 17.8. The van der Waals surface area contributed by atoms with Gasteiger partial charge >= 0.3 is 0 Å². The van der Waals surface area contributed by atoms with Crippen molar-refractivity contribution in [2.24, 2.45) is 0 Å². The Labute approximate surface area is 161 Å². The second-order valence-corrected chi connectivity index (χ2v) is 7.47. The Kier molecular flexibility index (Phi) is 5.00. The van der Waals surface area contributed by atoms with Crippen LogP contribution in [0, 0.1) is 6.92 Å². The molecule has 1 aliphatic heterocycles. The molecule has 0 N–H and O–H groups in total. The van der Waals surface area contributed by atoms with E-state index in [2.05, 4.69) is 19.7 Å². The maximum absolute atomic E-state index is 12.8. The number of benzene rings is 1. The van der Waals surface area contributed by atoms with E-state index in [-0.39, 0.29) is 5.91 Å². The van der Waals surface area contributed by atoms with Gasteiger partial charge in [-0.3, -0.25) is 4.79 Å². The van der Waals surface area contributed by atoms with E-state index in [9.17, 15) is 4.79 Å². The predicted octanol–water partition coefficient (Wildman–Crippen LogP) is 2.55. The summed E-state index contributed by atoms with van der Waals surface area (Å²) in [6, 6.07) is 8.15. The monoisotopic (exact) mass is 383 g/mol. The van der Waals surface area contributed by atoms with Gasteiger partial charge in [0.25, 0.3) is 5.91 Å². The first-order valence-electron chi connectivity index (χ1n) is 8.88. The lowest BCUT2D eigenvalue weighted by atomic mass is 10.2. The van der Waals surface area contributed by atoms with E-state index in [1.165, 1.54) is 16.9 Å². The topological polar surface area (TPSA) is 73.1 Å². The van der Waals surface area contributed by atoms with Crippen molar-refractivity contribution in [1.29, 1.82) is 0 Å². The van der Waals surface area contributed by atoms with Crippen molar-refractivity contribution in [2.45, 2.75) is 26.4 Å². The van der Waals surface area contributed by atoms with E-state index in [0.29, 0.717) is 32.0 Å². The van der Waals surface area contributed by atoms with Crippen molar-refractivity contribution in [3.63, 3.8) is 0 Å². The third-order valence-electron chi connectivity index (χ3n) is 4.58. The summed E-state index contributed by atoms with van der Waals surface area (Å²) in [5.74, 6) is 1.57. The van der Waals surface area contributed by atoms with Crippen LogP contribution in [0.4, 0.5) is 0 Å². The van der Waals surface area contributed by atoms with Crippen molar-refractivity contribution < 1.29 is 9.53 Å². The lowest BCUT2D eigenvalue weighted by molar-refractivity contribution is 0.0774. The number of carbonyl (C=O) groups is 1. The van der Waals surface area contributed by atoms with Gasteiger partial charge in [-0.1, -0.05) is 29.8 Å². The lowest BCUT2D eigenvalue weighted by Crippen LogP contribution is -2.28. The van der Waals surface area contributed by atoms with Gasteiger partial charge in [0.15, 0.2) is 5.82 Å². The zero-order valence-corrected chi connectivity index (χ0v) is 16.2. The summed E-state index contributed by atoms with van der Waals surface area (Å²) in [6.45, 7) is 4.46. The van der Waals surface area contributed by atoms with E-state index in [1.54, 1.807) is 11.9 Å². The Morgan fingerprint density at radius 1 is 1.26 bits per heavy atom. The molecule has 1 amide bonds. The number of hydrogen-bond acceptors (Lipinski definition) is 6. The number of thiazole rings is 1. The average molecular weight is 383 g/mol. The molecule has 0 fully saturated rings. The van der Waals surface area contributed by atoms with E-state index in [0.717, 1.165) is 28.6 Å². The number of amides is 1. The minimum atomic E-state index is -0.119. The molecule has 0 saturated carbocycles. The predicted molar refractivity (Wildman–Crippen MR) is 103 cm³/mol. The summed E-state index contributed by atoms with van der Waals surface area (Å²) < 4.78 is 7.54. The van der Waals surface area contributed by atoms with Crippen LogP contribution in [0.1, 0.15) is 27.7 Å². The van der Waals surface area contributed by atoms with Crippen molar-refractivity contribution in [3.8, 4) is 10.6 Å². The molecule has 8 heteroatoms. The van der Waals surface area contributed by atoms with Crippen LogP contribution in [-0.2, 0) is 24.2 Å². The van der Waals surface area contributed by atoms with Crippen LogP contribution in [0.5, 0.6) is 0 Å². The third kappa shape index (κ3) is 3.77. The molecule has 0 atom stereocenters. The summed E-state index contributed by atoms with van der Waals surface area (Å²) in [5, 5.41) is 11.2. The Hall–Kier alpha value is -2.58. The molecule has 0 radical (unpaired) electrons. The molecule has 0 unspecified atom stereocenters. The van der Waals surface area contributed by atoms with E-state index >= 15 is 0 Å². The van der Waals surface area contributed by atoms with Crippen molar-refractivity contribution in [3.05, 3.63) is 52.6 Å². The van der Waals surface area contributed by atoms with Gasteiger partial charge in [0.1, 0.15) is 16.5 Å². The number of hydrogen-bond donors (Lipinski definition) is 0. The Morgan fingerprint density at radius 3 is 2.89 bits per heavy atom. The smallest absolute Gasteiger partial charge is 0.273 e. The van der Waals surface area contributed by atoms with E-state index in [4.69, 9.17) is 4.74 Å². The van der Waals surface area contributed by atoms with Gasteiger partial charge in [-0.15, -0.1) is 21.5 Å². The molecule has 0 spiro atoms. The number of nitrogens with zero attached hydrogens (tertiary/aromatic N) is 5. The third-order valence-corrected chi connectivity index (χ3v) is 5.47. The normalized spacial score (nSPS) is 13.9. The molecule has 7 nitrogen and oxygen atoms in total. The summed E-state index contributed by atoms with van der Waals surface area (Å²) in [4.78, 5) is 19.0. The number of ether oxygens (including phenoxy) is 1. The highest BCUT2D eigenvalue weighted by Gasteiger charge is 2.21. The first-order valence-corrected chi connectivity index (χ1v) is 9.76. The highest BCUT2D eigenvalue weighted by Crippen LogP contribution is 2.24. The molecule has 3 aromatic rings. The van der Waals surface area contributed by atoms with Crippen molar-refractivity contribution in [2.75, 3.05) is 20.3 Å². The van der Waals surface area contributed by atoms with Gasteiger partial charge in [-0.2, -0.15) is 0 Å². The highest BCUT2D eigenvalue weighted by molar-refractivity contribution is 7.13. The number of aryl methyl sites for hydroxylation is 1. The maximum atomic E-state index is 12.8. The molecule has 140 valence electrons. The van der Waals surface area contributed by atoms with Crippen LogP contribution in [0.25, 0.3) is 10.6 Å². The second kappa shape index (κ2) is 7.58. The highest BCUT2D eigenvalue weighted by atomic mass is 32.1. The van der Waals surface area contributed by atoms with Gasteiger partial charge in [0.05, 0.1) is 19.8 Å². The zero-order valence-electron chi connectivity index (χ0n) is 15.4. The van der Waals surface area contributed by atoms with Crippen molar-refractivity contribution in [1.82, 2.24) is 24.6 Å². The summed E-state index contributed by atoms with van der Waals surface area (Å²) in [7, 11) is 1.77. The van der Waals surface area contributed by atoms with Crippen LogP contribution in [0.3, 0.4) is 0 Å². The van der Waals surface area contributed by atoms with Crippen LogP contribution in [0.2, 0.25) is 0 Å². The summed E-state index contributed by atoms with van der Waals surface area (Å²) in [5.41, 5.74) is 2.68. The average Bonchev–Trinajstić information content (AvgIpc) is 3.23. The molecule has 4 rings (SSSR count). The molecule has 1 aromatic carbocycles. The van der Waals surface area contributed by atoms with Gasteiger partial charge in [0, 0.05) is 31.0 Å². The van der Waals surface area contributed by atoms with Gasteiger partial charge in [-0.25, -0.2) is 4.98 Å². The van der Waals surface area contributed by atoms with Gasteiger partial charge in [0.2, 0.25) is 0 Å². The molecular weight excluding hydrogens is 362 g/mol. The number of carbonyl (C=O) groups excluding carboxylic acids is 1. The molecule has 1 aliphatic rings. The Balaban J connectivity index is 1.48. The summed E-state index contributed by atoms with van der Waals surface area (Å²) in [6.07, 6.45) is 0.747.